The molecule has 0 N–H and O–H groups in total. The van der Waals surface area contributed by atoms with Gasteiger partial charge >= 0.3 is 0 Å². The molecule has 0 saturated carbocycles. The summed E-state index contributed by atoms with van der Waals surface area (Å²) in [6.45, 7) is 0. The molecule has 0 saturated heterocycles. The Labute approximate surface area is 178 Å². The summed E-state index contributed by atoms with van der Waals surface area (Å²) < 4.78 is 1.92. The molecule has 0 atom stereocenters. The lowest BCUT2D eigenvalue weighted by atomic mass is 10.0. The van der Waals surface area contributed by atoms with E-state index in [4.69, 9.17) is 0 Å². The molecule has 5 heteroatoms. The summed E-state index contributed by atoms with van der Waals surface area (Å²) in [6.07, 6.45) is 3.38. The summed E-state index contributed by atoms with van der Waals surface area (Å²) in [5, 5.41) is 31.2. The van der Waals surface area contributed by atoms with E-state index in [0.29, 0.717) is 16.7 Å². The Balaban J connectivity index is 1.90. The first-order valence-corrected chi connectivity index (χ1v) is 9.58. The molecule has 0 fully saturated rings. The molecule has 0 aliphatic carbocycles. The summed E-state index contributed by atoms with van der Waals surface area (Å²) >= 11 is 0. The summed E-state index contributed by atoms with van der Waals surface area (Å²) in [5.41, 5.74) is 5.39. The molecule has 0 aliphatic rings. The largest absolute Gasteiger partial charge is 0.307 e. The van der Waals surface area contributed by atoms with Gasteiger partial charge < -0.3 is 4.57 Å². The number of pyridine rings is 1. The van der Waals surface area contributed by atoms with Crippen LogP contribution in [0.4, 0.5) is 0 Å². The fourth-order valence-electron chi connectivity index (χ4n) is 4.10. The van der Waals surface area contributed by atoms with Crippen LogP contribution in [-0.2, 0) is 0 Å². The molecule has 5 rings (SSSR count). The normalized spacial score (nSPS) is 10.5. The monoisotopic (exact) mass is 395 g/mol. The van der Waals surface area contributed by atoms with Gasteiger partial charge in [-0.1, -0.05) is 30.3 Å². The van der Waals surface area contributed by atoms with E-state index in [1.54, 1.807) is 30.6 Å². The van der Waals surface area contributed by atoms with E-state index < -0.39 is 0 Å². The van der Waals surface area contributed by atoms with Gasteiger partial charge in [0.25, 0.3) is 0 Å². The van der Waals surface area contributed by atoms with Crippen LogP contribution in [0.3, 0.4) is 0 Å². The molecule has 3 aromatic carbocycles. The smallest absolute Gasteiger partial charge is 0.101 e. The highest BCUT2D eigenvalue weighted by Crippen LogP contribution is 2.36. The van der Waals surface area contributed by atoms with Crippen molar-refractivity contribution in [3.05, 3.63) is 95.8 Å². The number of benzene rings is 3. The fourth-order valence-corrected chi connectivity index (χ4v) is 4.10. The molecule has 0 aliphatic heterocycles. The number of hydrogen-bond donors (Lipinski definition) is 0. The number of para-hydroxylation sites is 2. The zero-order valence-electron chi connectivity index (χ0n) is 16.2. The zero-order chi connectivity index (χ0) is 21.4. The number of aromatic nitrogens is 2. The molecule has 0 amide bonds. The fraction of sp³-hybridized carbons (Fsp3) is 0. The minimum Gasteiger partial charge on any atom is -0.307 e. The highest BCUT2D eigenvalue weighted by Gasteiger charge is 2.19. The minimum atomic E-state index is 0.502. The first-order valence-electron chi connectivity index (χ1n) is 9.58. The van der Waals surface area contributed by atoms with Gasteiger partial charge in [0.15, 0.2) is 0 Å². The number of nitriles is 3. The van der Waals surface area contributed by atoms with Crippen molar-refractivity contribution in [1.82, 2.24) is 9.55 Å². The van der Waals surface area contributed by atoms with Gasteiger partial charge in [-0.25, -0.2) is 0 Å². The van der Waals surface area contributed by atoms with Gasteiger partial charge in [-0.2, -0.15) is 15.8 Å². The molecular formula is C26H13N5. The number of hydrogen-bond acceptors (Lipinski definition) is 4. The van der Waals surface area contributed by atoms with E-state index in [1.165, 1.54) is 0 Å². The Bertz CT molecular complexity index is 1540. The van der Waals surface area contributed by atoms with E-state index in [9.17, 15) is 15.8 Å². The van der Waals surface area contributed by atoms with Crippen molar-refractivity contribution < 1.29 is 0 Å². The van der Waals surface area contributed by atoms with Gasteiger partial charge in [-0.05, 0) is 47.5 Å². The summed E-state index contributed by atoms with van der Waals surface area (Å²) in [5.74, 6) is 0. The Morgan fingerprint density at radius 2 is 1.23 bits per heavy atom. The maximum Gasteiger partial charge on any atom is 0.101 e. The van der Waals surface area contributed by atoms with E-state index in [-0.39, 0.29) is 0 Å². The first-order chi connectivity index (χ1) is 15.3. The number of nitrogens with zero attached hydrogens (tertiary/aromatic N) is 5. The predicted octanol–water partition coefficient (Wildman–Crippen LogP) is 5.46. The minimum absolute atomic E-state index is 0.502. The van der Waals surface area contributed by atoms with Crippen molar-refractivity contribution in [2.45, 2.75) is 0 Å². The van der Waals surface area contributed by atoms with Crippen molar-refractivity contribution in [3.63, 3.8) is 0 Å². The lowest BCUT2D eigenvalue weighted by molar-refractivity contribution is 1.17. The van der Waals surface area contributed by atoms with Crippen LogP contribution in [0.5, 0.6) is 0 Å². The average Bonchev–Trinajstić information content (AvgIpc) is 3.19. The molecule has 0 spiro atoms. The third-order valence-electron chi connectivity index (χ3n) is 5.42. The van der Waals surface area contributed by atoms with Crippen LogP contribution in [0.15, 0.2) is 79.1 Å². The van der Waals surface area contributed by atoms with E-state index in [1.807, 2.05) is 53.1 Å². The summed E-state index contributed by atoms with van der Waals surface area (Å²) in [6, 6.07) is 27.3. The molecule has 2 heterocycles. The van der Waals surface area contributed by atoms with E-state index in [2.05, 4.69) is 23.2 Å². The van der Waals surface area contributed by atoms with Crippen LogP contribution in [0, 0.1) is 34.0 Å². The van der Waals surface area contributed by atoms with Gasteiger partial charge in [0.05, 0.1) is 33.8 Å². The van der Waals surface area contributed by atoms with Crippen LogP contribution < -0.4 is 0 Å². The zero-order valence-corrected chi connectivity index (χ0v) is 16.2. The molecule has 2 aromatic heterocycles. The van der Waals surface area contributed by atoms with Gasteiger partial charge in [0.1, 0.15) is 12.1 Å². The highest BCUT2D eigenvalue weighted by molar-refractivity contribution is 6.12. The predicted molar refractivity (Wildman–Crippen MR) is 118 cm³/mol. The second kappa shape index (κ2) is 7.16. The third kappa shape index (κ3) is 2.72. The Kier molecular flexibility index (Phi) is 4.19. The van der Waals surface area contributed by atoms with Crippen LogP contribution in [0.1, 0.15) is 16.7 Å². The van der Waals surface area contributed by atoms with E-state index >= 15 is 0 Å². The molecule has 0 radical (unpaired) electrons. The Hall–Kier alpha value is -4.92. The SMILES string of the molecule is N#Cc1cc(-n2c3c(C#N)cccc3c3cccc(C#N)c32)ccc1-c1ccncc1. The van der Waals surface area contributed by atoms with Crippen molar-refractivity contribution >= 4 is 21.8 Å². The lowest BCUT2D eigenvalue weighted by Crippen LogP contribution is -1.99. The van der Waals surface area contributed by atoms with Gasteiger partial charge in [-0.3, -0.25) is 4.98 Å². The van der Waals surface area contributed by atoms with Crippen molar-refractivity contribution in [2.75, 3.05) is 0 Å². The number of rotatable bonds is 2. The quantitative estimate of drug-likeness (QED) is 0.397. The van der Waals surface area contributed by atoms with Crippen molar-refractivity contribution in [3.8, 4) is 35.0 Å². The second-order valence-corrected chi connectivity index (χ2v) is 7.04. The topological polar surface area (TPSA) is 89.2 Å². The molecule has 0 unspecified atom stereocenters. The van der Waals surface area contributed by atoms with E-state index in [0.717, 1.165) is 38.6 Å². The van der Waals surface area contributed by atoms with Crippen molar-refractivity contribution in [1.29, 1.82) is 15.8 Å². The molecular weight excluding hydrogens is 382 g/mol. The number of fused-ring (bicyclic) bond motifs is 3. The van der Waals surface area contributed by atoms with Gasteiger partial charge in [0, 0.05) is 28.9 Å². The summed E-state index contributed by atoms with van der Waals surface area (Å²) in [7, 11) is 0. The van der Waals surface area contributed by atoms with Crippen LogP contribution in [0.2, 0.25) is 0 Å². The van der Waals surface area contributed by atoms with Gasteiger partial charge in [-0.15, -0.1) is 0 Å². The van der Waals surface area contributed by atoms with Crippen LogP contribution in [-0.4, -0.2) is 9.55 Å². The standard InChI is InChI=1S/C26H13N5/c27-14-18-3-1-5-23-24-6-2-4-19(15-28)26(24)31(25(18)23)21-7-8-22(20(13-21)16-29)17-9-11-30-12-10-17/h1-13H. The first kappa shape index (κ1) is 18.1. The van der Waals surface area contributed by atoms with Crippen molar-refractivity contribution in [2.24, 2.45) is 0 Å². The summed E-state index contributed by atoms with van der Waals surface area (Å²) in [4.78, 5) is 4.04. The molecule has 142 valence electrons. The van der Waals surface area contributed by atoms with Crippen LogP contribution in [0.25, 0.3) is 38.6 Å². The van der Waals surface area contributed by atoms with Crippen LogP contribution >= 0.6 is 0 Å². The average molecular weight is 395 g/mol. The second-order valence-electron chi connectivity index (χ2n) is 7.04. The Morgan fingerprint density at radius 3 is 1.77 bits per heavy atom. The molecule has 31 heavy (non-hydrogen) atoms. The molecule has 5 nitrogen and oxygen atoms in total. The maximum absolute atomic E-state index is 9.85. The maximum atomic E-state index is 9.85. The Morgan fingerprint density at radius 1 is 0.645 bits per heavy atom. The molecule has 0 bridgehead atoms. The highest BCUT2D eigenvalue weighted by atomic mass is 15.0. The lowest BCUT2D eigenvalue weighted by Gasteiger charge is -2.12. The molecule has 5 aromatic rings. The third-order valence-corrected chi connectivity index (χ3v) is 5.42. The van der Waals surface area contributed by atoms with Gasteiger partial charge in [0.2, 0.25) is 0 Å².